The van der Waals surface area contributed by atoms with Crippen molar-refractivity contribution in [2.24, 2.45) is 5.10 Å². The molecule has 3 aromatic rings. The quantitative estimate of drug-likeness (QED) is 0.224. The molecule has 0 unspecified atom stereocenters. The average Bonchev–Trinajstić information content (AvgIpc) is 2.69. The third kappa shape index (κ3) is 3.68. The zero-order valence-corrected chi connectivity index (χ0v) is 14.7. The molecule has 0 spiro atoms. The number of hydrogen-bond donors (Lipinski definition) is 1. The summed E-state index contributed by atoms with van der Waals surface area (Å²) in [6.07, 6.45) is 0. The van der Waals surface area contributed by atoms with Crippen LogP contribution in [0.1, 0.15) is 18.3 Å². The van der Waals surface area contributed by atoms with Gasteiger partial charge < -0.3 is 0 Å². The lowest BCUT2D eigenvalue weighted by atomic mass is 10.1. The Morgan fingerprint density at radius 1 is 0.857 bits per heavy atom. The molecule has 2 aromatic carbocycles. The van der Waals surface area contributed by atoms with Gasteiger partial charge in [0.05, 0.1) is 17.0 Å². The molecule has 9 heteroatoms. The van der Waals surface area contributed by atoms with Gasteiger partial charge in [0.2, 0.25) is 5.82 Å². The van der Waals surface area contributed by atoms with E-state index in [9.17, 15) is 22.0 Å². The first kappa shape index (κ1) is 19.4. The summed E-state index contributed by atoms with van der Waals surface area (Å²) in [7, 11) is 0. The van der Waals surface area contributed by atoms with E-state index < -0.39 is 40.4 Å². The monoisotopic (exact) mass is 392 g/mol. The van der Waals surface area contributed by atoms with E-state index in [0.717, 1.165) is 12.5 Å². The number of aryl methyl sites for hydroxylation is 1. The summed E-state index contributed by atoms with van der Waals surface area (Å²) in [5.41, 5.74) is 2.29. The predicted molar refractivity (Wildman–Crippen MR) is 94.3 cm³/mol. The number of hydrazone groups is 1. The largest absolute Gasteiger partial charge is 0.261 e. The summed E-state index contributed by atoms with van der Waals surface area (Å²) in [5, 5.41) is 3.71. The number of halogens is 5. The van der Waals surface area contributed by atoms with Gasteiger partial charge in [0.25, 0.3) is 0 Å². The molecule has 0 amide bonds. The summed E-state index contributed by atoms with van der Waals surface area (Å²) in [4.78, 5) is 8.38. The maximum atomic E-state index is 13.9. The summed E-state index contributed by atoms with van der Waals surface area (Å²) in [6, 6.07) is 10.7. The van der Waals surface area contributed by atoms with Crippen molar-refractivity contribution in [3.8, 4) is 11.3 Å². The molecule has 0 fully saturated rings. The van der Waals surface area contributed by atoms with Gasteiger partial charge in [-0.15, -0.1) is 0 Å². The van der Waals surface area contributed by atoms with E-state index in [-0.39, 0.29) is 5.82 Å². The summed E-state index contributed by atoms with van der Waals surface area (Å²) in [5.74, 6) is -9.62. The van der Waals surface area contributed by atoms with Gasteiger partial charge in [0, 0.05) is 11.6 Å². The van der Waals surface area contributed by atoms with Crippen molar-refractivity contribution < 1.29 is 22.0 Å². The summed E-state index contributed by atoms with van der Waals surface area (Å²) < 4.78 is 67.6. The molecule has 1 N–H and O–H groups in total. The Bertz CT molecular complexity index is 1040. The smallest absolute Gasteiger partial charge is 0.200 e. The summed E-state index contributed by atoms with van der Waals surface area (Å²) >= 11 is 0. The van der Waals surface area contributed by atoms with E-state index in [1.165, 1.54) is 6.07 Å². The lowest BCUT2D eigenvalue weighted by molar-refractivity contribution is 0.377. The molecule has 1 aromatic heterocycles. The minimum absolute atomic E-state index is 0.189. The highest BCUT2D eigenvalue weighted by Crippen LogP contribution is 2.24. The molecule has 0 aliphatic heterocycles. The molecule has 3 rings (SSSR count). The van der Waals surface area contributed by atoms with E-state index in [4.69, 9.17) is 0 Å². The Hall–Kier alpha value is -3.36. The third-order valence-electron chi connectivity index (χ3n) is 3.82. The molecule has 0 saturated carbocycles. The molecule has 0 aliphatic carbocycles. The van der Waals surface area contributed by atoms with Crippen molar-refractivity contribution in [2.75, 3.05) is 5.43 Å². The van der Waals surface area contributed by atoms with Crippen molar-refractivity contribution in [2.45, 2.75) is 13.8 Å². The zero-order chi connectivity index (χ0) is 20.4. The molecule has 0 bridgehead atoms. The molecule has 1 heterocycles. The topological polar surface area (TPSA) is 50.2 Å². The minimum atomic E-state index is -2.22. The van der Waals surface area contributed by atoms with Crippen LogP contribution in [0.25, 0.3) is 11.3 Å². The Morgan fingerprint density at radius 2 is 1.43 bits per heavy atom. The van der Waals surface area contributed by atoms with Gasteiger partial charge in [-0.05, 0) is 13.8 Å². The normalized spacial score (nSPS) is 11.6. The van der Waals surface area contributed by atoms with Crippen molar-refractivity contribution in [1.82, 2.24) is 9.97 Å². The Labute approximate surface area is 156 Å². The fourth-order valence-corrected chi connectivity index (χ4v) is 2.50. The van der Waals surface area contributed by atoms with Crippen LogP contribution in [-0.4, -0.2) is 15.7 Å². The lowest BCUT2D eigenvalue weighted by Gasteiger charge is -2.09. The van der Waals surface area contributed by atoms with E-state index in [1.807, 2.05) is 30.3 Å². The first-order valence-corrected chi connectivity index (χ1v) is 8.02. The van der Waals surface area contributed by atoms with Crippen LogP contribution < -0.4 is 5.43 Å². The molecule has 144 valence electrons. The van der Waals surface area contributed by atoms with Crippen LogP contribution in [0.5, 0.6) is 0 Å². The van der Waals surface area contributed by atoms with Crippen molar-refractivity contribution >= 4 is 11.5 Å². The Kier molecular flexibility index (Phi) is 5.34. The number of anilines is 1. The zero-order valence-electron chi connectivity index (χ0n) is 14.7. The number of aromatic nitrogens is 2. The predicted octanol–water partition coefficient (Wildman–Crippen LogP) is 4.98. The standard InChI is InChI=1S/C19H13F5N4/c1-9(14-15(20)17(22)19(24)18(23)16(14)21)27-28-13-8-12(25-10(2)26-13)11-6-4-3-5-7-11/h3-8H,1-2H3,(H,25,26,28). The Balaban J connectivity index is 1.96. The highest BCUT2D eigenvalue weighted by molar-refractivity contribution is 5.99. The molecular weight excluding hydrogens is 379 g/mol. The van der Waals surface area contributed by atoms with Gasteiger partial charge in [-0.2, -0.15) is 5.10 Å². The van der Waals surface area contributed by atoms with Crippen LogP contribution in [0.2, 0.25) is 0 Å². The molecule has 0 saturated heterocycles. The lowest BCUT2D eigenvalue weighted by Crippen LogP contribution is -2.12. The van der Waals surface area contributed by atoms with Crippen molar-refractivity contribution in [1.29, 1.82) is 0 Å². The van der Waals surface area contributed by atoms with Crippen LogP contribution >= 0.6 is 0 Å². The highest BCUT2D eigenvalue weighted by Gasteiger charge is 2.27. The van der Waals surface area contributed by atoms with Crippen LogP contribution in [0.3, 0.4) is 0 Å². The van der Waals surface area contributed by atoms with E-state index >= 15 is 0 Å². The minimum Gasteiger partial charge on any atom is -0.261 e. The van der Waals surface area contributed by atoms with E-state index in [1.54, 1.807) is 6.92 Å². The number of hydrogen-bond acceptors (Lipinski definition) is 4. The van der Waals surface area contributed by atoms with Gasteiger partial charge in [0.15, 0.2) is 23.3 Å². The average molecular weight is 392 g/mol. The number of benzene rings is 2. The maximum absolute atomic E-state index is 13.9. The molecule has 0 atom stereocenters. The highest BCUT2D eigenvalue weighted by atomic mass is 19.2. The van der Waals surface area contributed by atoms with E-state index in [0.29, 0.717) is 11.5 Å². The summed E-state index contributed by atoms with van der Waals surface area (Å²) in [6.45, 7) is 2.75. The SMILES string of the molecule is CC(=NNc1cc(-c2ccccc2)nc(C)n1)c1c(F)c(F)c(F)c(F)c1F. The van der Waals surface area contributed by atoms with Crippen LogP contribution in [0.15, 0.2) is 41.5 Å². The first-order valence-electron chi connectivity index (χ1n) is 8.02. The second-order valence-corrected chi connectivity index (χ2v) is 5.81. The molecule has 0 aliphatic rings. The fraction of sp³-hybridized carbons (Fsp3) is 0.105. The maximum Gasteiger partial charge on any atom is 0.200 e. The second kappa shape index (κ2) is 7.71. The van der Waals surface area contributed by atoms with Crippen LogP contribution in [0.4, 0.5) is 27.8 Å². The van der Waals surface area contributed by atoms with Crippen LogP contribution in [-0.2, 0) is 0 Å². The molecule has 0 radical (unpaired) electrons. The number of nitrogens with zero attached hydrogens (tertiary/aromatic N) is 3. The van der Waals surface area contributed by atoms with Gasteiger partial charge in [0.1, 0.15) is 11.6 Å². The third-order valence-corrected chi connectivity index (χ3v) is 3.82. The fourth-order valence-electron chi connectivity index (χ4n) is 2.50. The van der Waals surface area contributed by atoms with Gasteiger partial charge in [-0.3, -0.25) is 5.43 Å². The van der Waals surface area contributed by atoms with Gasteiger partial charge >= 0.3 is 0 Å². The van der Waals surface area contributed by atoms with Crippen molar-refractivity contribution in [3.63, 3.8) is 0 Å². The number of nitrogens with one attached hydrogen (secondary N) is 1. The number of rotatable bonds is 4. The van der Waals surface area contributed by atoms with Crippen molar-refractivity contribution in [3.05, 3.63) is 76.9 Å². The van der Waals surface area contributed by atoms with Crippen LogP contribution in [0, 0.1) is 36.0 Å². The molecule has 28 heavy (non-hydrogen) atoms. The van der Waals surface area contributed by atoms with Gasteiger partial charge in [-0.1, -0.05) is 30.3 Å². The Morgan fingerprint density at radius 3 is 2.04 bits per heavy atom. The first-order chi connectivity index (χ1) is 13.3. The second-order valence-electron chi connectivity index (χ2n) is 5.81. The molecule has 4 nitrogen and oxygen atoms in total. The van der Waals surface area contributed by atoms with E-state index in [2.05, 4.69) is 20.5 Å². The molecular formula is C19H13F5N4. The van der Waals surface area contributed by atoms with Gasteiger partial charge in [-0.25, -0.2) is 31.9 Å².